The van der Waals surface area contributed by atoms with Crippen molar-refractivity contribution in [1.82, 2.24) is 0 Å². The number of ether oxygens (including phenoxy) is 1. The largest absolute Gasteiger partial charge is 0.459 e. The van der Waals surface area contributed by atoms with Gasteiger partial charge >= 0.3 is 5.97 Å². The van der Waals surface area contributed by atoms with E-state index in [0.717, 1.165) is 5.56 Å². The lowest BCUT2D eigenvalue weighted by Crippen LogP contribution is -2.38. The predicted molar refractivity (Wildman–Crippen MR) is 74.0 cm³/mol. The second kappa shape index (κ2) is 5.91. The van der Waals surface area contributed by atoms with E-state index < -0.39 is 17.6 Å². The lowest BCUT2D eigenvalue weighted by Gasteiger charge is -2.22. The van der Waals surface area contributed by atoms with Crippen LogP contribution in [-0.2, 0) is 16.0 Å². The highest BCUT2D eigenvalue weighted by atomic mass is 35.5. The summed E-state index contributed by atoms with van der Waals surface area (Å²) in [5.41, 5.74) is 6.11. The van der Waals surface area contributed by atoms with Crippen molar-refractivity contribution >= 4 is 29.2 Å². The molecule has 3 nitrogen and oxygen atoms in total. The van der Waals surface area contributed by atoms with Crippen molar-refractivity contribution in [3.63, 3.8) is 0 Å². The van der Waals surface area contributed by atoms with Crippen molar-refractivity contribution in [2.24, 2.45) is 5.73 Å². The third-order valence-corrected chi connectivity index (χ3v) is 2.89. The fraction of sp³-hybridized carbons (Fsp3) is 0.462. The summed E-state index contributed by atoms with van der Waals surface area (Å²) in [6, 6.07) is 4.47. The smallest absolute Gasteiger partial charge is 0.323 e. The Bertz CT molecular complexity index is 441. The first kappa shape index (κ1) is 15.3. The van der Waals surface area contributed by atoms with E-state index in [1.165, 1.54) is 0 Å². The Morgan fingerprint density at radius 1 is 1.33 bits per heavy atom. The van der Waals surface area contributed by atoms with Crippen molar-refractivity contribution in [3.8, 4) is 0 Å². The van der Waals surface area contributed by atoms with Crippen LogP contribution in [0, 0.1) is 0 Å². The van der Waals surface area contributed by atoms with Crippen LogP contribution in [0.5, 0.6) is 0 Å². The molecule has 1 rings (SSSR count). The normalized spacial score (nSPS) is 13.2. The lowest BCUT2D eigenvalue weighted by atomic mass is 10.1. The molecule has 2 N–H and O–H groups in total. The molecule has 0 radical (unpaired) electrons. The highest BCUT2D eigenvalue weighted by Crippen LogP contribution is 2.23. The van der Waals surface area contributed by atoms with E-state index in [-0.39, 0.29) is 0 Å². The Kier molecular flexibility index (Phi) is 5.02. The summed E-state index contributed by atoms with van der Waals surface area (Å²) in [6.07, 6.45) is 0.367. The molecule has 1 aromatic carbocycles. The Morgan fingerprint density at radius 3 is 2.44 bits per heavy atom. The molecule has 0 aliphatic rings. The van der Waals surface area contributed by atoms with Crippen LogP contribution >= 0.6 is 23.2 Å². The summed E-state index contributed by atoms with van der Waals surface area (Å²) >= 11 is 11.7. The first-order valence-electron chi connectivity index (χ1n) is 5.61. The molecule has 0 aliphatic carbocycles. The van der Waals surface area contributed by atoms with Gasteiger partial charge in [0.1, 0.15) is 11.6 Å². The lowest BCUT2D eigenvalue weighted by molar-refractivity contribution is -0.156. The van der Waals surface area contributed by atoms with E-state index >= 15 is 0 Å². The van der Waals surface area contributed by atoms with Gasteiger partial charge in [0.25, 0.3) is 0 Å². The molecule has 0 amide bonds. The summed E-state index contributed by atoms with van der Waals surface area (Å²) in [6.45, 7) is 5.41. The fourth-order valence-electron chi connectivity index (χ4n) is 1.38. The Balaban J connectivity index is 2.66. The topological polar surface area (TPSA) is 52.3 Å². The first-order valence-corrected chi connectivity index (χ1v) is 6.37. The Hall–Kier alpha value is -0.770. The van der Waals surface area contributed by atoms with Crippen LogP contribution in [0.4, 0.5) is 0 Å². The van der Waals surface area contributed by atoms with Gasteiger partial charge in [0.2, 0.25) is 0 Å². The maximum Gasteiger partial charge on any atom is 0.323 e. The van der Waals surface area contributed by atoms with Crippen LogP contribution in [0.25, 0.3) is 0 Å². The Labute approximate surface area is 117 Å². The molecular weight excluding hydrogens is 273 g/mol. The summed E-state index contributed by atoms with van der Waals surface area (Å²) in [5.74, 6) is -0.423. The van der Waals surface area contributed by atoms with Gasteiger partial charge < -0.3 is 10.5 Å². The molecule has 100 valence electrons. The van der Waals surface area contributed by atoms with Crippen LogP contribution in [0.1, 0.15) is 26.3 Å². The van der Waals surface area contributed by atoms with E-state index in [4.69, 9.17) is 33.7 Å². The molecule has 0 aromatic heterocycles. The van der Waals surface area contributed by atoms with Crippen molar-refractivity contribution in [1.29, 1.82) is 0 Å². The molecule has 0 bridgehead atoms. The first-order chi connectivity index (χ1) is 8.19. The molecule has 1 atom stereocenters. The number of hydrogen-bond acceptors (Lipinski definition) is 3. The predicted octanol–water partition coefficient (Wildman–Crippen LogP) is 3.20. The molecule has 0 fully saturated rings. The number of carbonyl (C=O) groups is 1. The van der Waals surface area contributed by atoms with Crippen LogP contribution < -0.4 is 5.73 Å². The second-order valence-corrected chi connectivity index (χ2v) is 5.91. The number of halogens is 2. The van der Waals surface area contributed by atoms with Crippen LogP contribution in [0.15, 0.2) is 18.2 Å². The molecule has 5 heteroatoms. The number of hydrogen-bond donors (Lipinski definition) is 1. The van der Waals surface area contributed by atoms with E-state index in [1.807, 2.05) is 0 Å². The highest BCUT2D eigenvalue weighted by Gasteiger charge is 2.22. The van der Waals surface area contributed by atoms with Crippen molar-refractivity contribution in [3.05, 3.63) is 33.8 Å². The minimum Gasteiger partial charge on any atom is -0.459 e. The SMILES string of the molecule is CC(C)(C)OC(=O)C(N)Cc1ccc(Cl)c(Cl)c1. The zero-order valence-corrected chi connectivity index (χ0v) is 12.2. The van der Waals surface area contributed by atoms with Gasteiger partial charge in [-0.3, -0.25) is 4.79 Å². The van der Waals surface area contributed by atoms with Gasteiger partial charge in [-0.25, -0.2) is 0 Å². The highest BCUT2D eigenvalue weighted by molar-refractivity contribution is 6.42. The van der Waals surface area contributed by atoms with E-state index in [0.29, 0.717) is 16.5 Å². The number of rotatable bonds is 3. The van der Waals surface area contributed by atoms with Crippen LogP contribution in [0.3, 0.4) is 0 Å². The second-order valence-electron chi connectivity index (χ2n) is 5.09. The molecule has 18 heavy (non-hydrogen) atoms. The molecule has 0 heterocycles. The average Bonchev–Trinajstić information content (AvgIpc) is 2.21. The quantitative estimate of drug-likeness (QED) is 0.870. The molecule has 1 unspecified atom stereocenters. The number of benzene rings is 1. The summed E-state index contributed by atoms with van der Waals surface area (Å²) in [4.78, 5) is 11.7. The minimum absolute atomic E-state index is 0.367. The van der Waals surface area contributed by atoms with Gasteiger partial charge in [-0.05, 0) is 44.9 Å². The summed E-state index contributed by atoms with van der Waals surface area (Å²) in [5, 5.41) is 0.928. The van der Waals surface area contributed by atoms with Gasteiger partial charge in [-0.2, -0.15) is 0 Å². The maximum absolute atomic E-state index is 11.7. The molecule has 0 aliphatic heterocycles. The van der Waals surface area contributed by atoms with Crippen LogP contribution in [0.2, 0.25) is 10.0 Å². The van der Waals surface area contributed by atoms with Crippen molar-refractivity contribution in [2.45, 2.75) is 38.8 Å². The summed E-state index contributed by atoms with van der Waals surface area (Å²) in [7, 11) is 0. The van der Waals surface area contributed by atoms with Crippen molar-refractivity contribution in [2.75, 3.05) is 0 Å². The van der Waals surface area contributed by atoms with Gasteiger partial charge in [-0.15, -0.1) is 0 Å². The maximum atomic E-state index is 11.7. The average molecular weight is 290 g/mol. The molecule has 1 aromatic rings. The van der Waals surface area contributed by atoms with Crippen LogP contribution in [-0.4, -0.2) is 17.6 Å². The van der Waals surface area contributed by atoms with Gasteiger partial charge in [-0.1, -0.05) is 29.3 Å². The zero-order valence-electron chi connectivity index (χ0n) is 10.7. The third kappa shape index (κ3) is 4.84. The van der Waals surface area contributed by atoms with Gasteiger partial charge in [0, 0.05) is 0 Å². The number of nitrogens with two attached hydrogens (primary N) is 1. The molecule has 0 saturated carbocycles. The standard InChI is InChI=1S/C13H17Cl2NO2/c1-13(2,3)18-12(17)11(16)7-8-4-5-9(14)10(15)6-8/h4-6,11H,7,16H2,1-3H3. The zero-order chi connectivity index (χ0) is 13.9. The van der Waals surface area contributed by atoms with E-state index in [2.05, 4.69) is 0 Å². The van der Waals surface area contributed by atoms with E-state index in [1.54, 1.807) is 39.0 Å². The van der Waals surface area contributed by atoms with Crippen molar-refractivity contribution < 1.29 is 9.53 Å². The minimum atomic E-state index is -0.707. The molecule has 0 spiro atoms. The molecule has 0 saturated heterocycles. The molecular formula is C13H17Cl2NO2. The fourth-order valence-corrected chi connectivity index (χ4v) is 1.70. The monoisotopic (exact) mass is 289 g/mol. The number of esters is 1. The number of carbonyl (C=O) groups excluding carboxylic acids is 1. The van der Waals surface area contributed by atoms with E-state index in [9.17, 15) is 4.79 Å². The summed E-state index contributed by atoms with van der Waals surface area (Å²) < 4.78 is 5.20. The van der Waals surface area contributed by atoms with Gasteiger partial charge in [0.05, 0.1) is 10.0 Å². The van der Waals surface area contributed by atoms with Gasteiger partial charge in [0.15, 0.2) is 0 Å². The third-order valence-electron chi connectivity index (χ3n) is 2.15. The Morgan fingerprint density at radius 2 is 1.94 bits per heavy atom.